The van der Waals surface area contributed by atoms with Gasteiger partial charge in [0.05, 0.1) is 17.3 Å². The molecule has 0 spiro atoms. The Balaban J connectivity index is 1.24. The summed E-state index contributed by atoms with van der Waals surface area (Å²) in [6.45, 7) is 8.76. The molecule has 3 fully saturated rings. The molecule has 1 atom stereocenters. The molecule has 1 saturated carbocycles. The molecule has 3 heterocycles. The molecule has 8 heteroatoms. The van der Waals surface area contributed by atoms with Crippen LogP contribution in [0.1, 0.15) is 53.3 Å². The van der Waals surface area contributed by atoms with Crippen molar-refractivity contribution in [1.82, 2.24) is 24.6 Å². The SMILES string of the molecule is O=C(NC(c1cccc(F)c1)C1CC1)c1c(CN2CCN(CCN3CCCC3)CC2)n(-c2ccccc2)c(=O)c2ccccc12. The highest BCUT2D eigenvalue weighted by atomic mass is 19.1. The number of carbonyl (C=O) groups is 1. The standard InChI is InChI=1S/C37H42FN5O2/c38-29-10-8-9-28(25-29)35(27-15-16-27)39-36(44)34-31-13-4-5-14-32(31)37(45)43(30-11-2-1-3-12-30)33(34)26-42-23-21-41(22-24-42)20-19-40-17-6-7-18-40/h1-5,8-14,25,27,35H,6-7,15-24,26H2,(H,39,44). The van der Waals surface area contributed by atoms with Gasteiger partial charge >= 0.3 is 0 Å². The maximum atomic E-state index is 14.5. The van der Waals surface area contributed by atoms with Crippen molar-refractivity contribution in [2.24, 2.45) is 5.92 Å². The zero-order valence-corrected chi connectivity index (χ0v) is 25.8. The number of likely N-dealkylation sites (tertiary alicyclic amines) is 1. The van der Waals surface area contributed by atoms with E-state index in [9.17, 15) is 14.0 Å². The quantitative estimate of drug-likeness (QED) is 0.268. The van der Waals surface area contributed by atoms with Gasteiger partial charge in [0, 0.05) is 62.3 Å². The average molecular weight is 608 g/mol. The van der Waals surface area contributed by atoms with E-state index in [-0.39, 0.29) is 29.2 Å². The number of aromatic nitrogens is 1. The van der Waals surface area contributed by atoms with E-state index in [1.54, 1.807) is 10.6 Å². The normalized spacial score (nSPS) is 18.8. The number of rotatable bonds is 10. The number of nitrogens with zero attached hydrogens (tertiary/aromatic N) is 4. The Labute approximate surface area is 264 Å². The molecule has 7 rings (SSSR count). The Bertz CT molecular complexity index is 1710. The number of para-hydroxylation sites is 1. The van der Waals surface area contributed by atoms with Crippen LogP contribution in [0.25, 0.3) is 16.5 Å². The van der Waals surface area contributed by atoms with Gasteiger partial charge in [-0.1, -0.05) is 48.5 Å². The van der Waals surface area contributed by atoms with E-state index in [1.807, 2.05) is 60.7 Å². The highest BCUT2D eigenvalue weighted by Crippen LogP contribution is 2.41. The highest BCUT2D eigenvalue weighted by Gasteiger charge is 2.35. The third-order valence-electron chi connectivity index (χ3n) is 9.79. The first kappa shape index (κ1) is 29.8. The van der Waals surface area contributed by atoms with Crippen LogP contribution < -0.4 is 10.9 Å². The van der Waals surface area contributed by atoms with E-state index in [2.05, 4.69) is 20.0 Å². The van der Waals surface area contributed by atoms with E-state index < -0.39 is 0 Å². The molecule has 3 aromatic carbocycles. The summed E-state index contributed by atoms with van der Waals surface area (Å²) in [6, 6.07) is 23.3. The number of carbonyl (C=O) groups excluding carboxylic acids is 1. The highest BCUT2D eigenvalue weighted by molar-refractivity contribution is 6.08. The van der Waals surface area contributed by atoms with Crippen molar-refractivity contribution in [2.45, 2.75) is 38.3 Å². The minimum atomic E-state index is -0.310. The summed E-state index contributed by atoms with van der Waals surface area (Å²) in [5.41, 5.74) is 2.61. The monoisotopic (exact) mass is 607 g/mol. The van der Waals surface area contributed by atoms with E-state index in [0.717, 1.165) is 63.4 Å². The molecule has 0 bridgehead atoms. The first-order valence-corrected chi connectivity index (χ1v) is 16.5. The molecule has 0 radical (unpaired) electrons. The van der Waals surface area contributed by atoms with Gasteiger partial charge in [-0.15, -0.1) is 0 Å². The van der Waals surface area contributed by atoms with Crippen molar-refractivity contribution >= 4 is 16.7 Å². The Morgan fingerprint density at radius 1 is 0.778 bits per heavy atom. The van der Waals surface area contributed by atoms with Crippen LogP contribution in [0.15, 0.2) is 83.7 Å². The number of benzene rings is 3. The molecule has 2 aliphatic heterocycles. The number of piperazine rings is 1. The molecule has 1 aliphatic carbocycles. The summed E-state index contributed by atoms with van der Waals surface area (Å²) in [7, 11) is 0. The molecular weight excluding hydrogens is 565 g/mol. The van der Waals surface area contributed by atoms with Crippen LogP contribution in [0.5, 0.6) is 0 Å². The molecular formula is C37H42FN5O2. The third-order valence-corrected chi connectivity index (χ3v) is 9.79. The Hall–Kier alpha value is -3.85. The average Bonchev–Trinajstić information content (AvgIpc) is 3.77. The zero-order chi connectivity index (χ0) is 30.8. The molecule has 1 amide bonds. The Morgan fingerprint density at radius 3 is 2.11 bits per heavy atom. The van der Waals surface area contributed by atoms with Crippen molar-refractivity contribution in [2.75, 3.05) is 52.4 Å². The number of fused-ring (bicyclic) bond motifs is 1. The second kappa shape index (κ2) is 13.3. The largest absolute Gasteiger partial charge is 0.345 e. The smallest absolute Gasteiger partial charge is 0.263 e. The fourth-order valence-corrected chi connectivity index (χ4v) is 7.14. The second-order valence-electron chi connectivity index (χ2n) is 12.9. The van der Waals surface area contributed by atoms with Gasteiger partial charge in [0.15, 0.2) is 0 Å². The molecule has 3 aliphatic rings. The Morgan fingerprint density at radius 2 is 1.42 bits per heavy atom. The molecule has 7 nitrogen and oxygen atoms in total. The van der Waals surface area contributed by atoms with Crippen molar-refractivity contribution in [3.8, 4) is 5.69 Å². The third kappa shape index (κ3) is 6.59. The summed E-state index contributed by atoms with van der Waals surface area (Å²) < 4.78 is 16.0. The molecule has 2 saturated heterocycles. The lowest BCUT2D eigenvalue weighted by molar-refractivity contribution is 0.0925. The topological polar surface area (TPSA) is 60.8 Å². The molecule has 1 N–H and O–H groups in total. The van der Waals surface area contributed by atoms with Gasteiger partial charge in [0.2, 0.25) is 0 Å². The Kier molecular flexibility index (Phi) is 8.79. The van der Waals surface area contributed by atoms with Crippen LogP contribution in [-0.4, -0.2) is 77.5 Å². The molecule has 4 aromatic rings. The van der Waals surface area contributed by atoms with Crippen molar-refractivity contribution in [1.29, 1.82) is 0 Å². The van der Waals surface area contributed by atoms with Crippen LogP contribution in [0.3, 0.4) is 0 Å². The van der Waals surface area contributed by atoms with Crippen LogP contribution in [0.4, 0.5) is 4.39 Å². The predicted molar refractivity (Wildman–Crippen MR) is 176 cm³/mol. The molecule has 45 heavy (non-hydrogen) atoms. The van der Waals surface area contributed by atoms with Gasteiger partial charge < -0.3 is 10.2 Å². The van der Waals surface area contributed by atoms with Crippen LogP contribution in [0, 0.1) is 11.7 Å². The summed E-state index contributed by atoms with van der Waals surface area (Å²) in [5, 5.41) is 4.47. The lowest BCUT2D eigenvalue weighted by Crippen LogP contribution is -2.48. The number of nitrogens with one attached hydrogen (secondary N) is 1. The van der Waals surface area contributed by atoms with Crippen LogP contribution in [-0.2, 0) is 6.54 Å². The predicted octanol–water partition coefficient (Wildman–Crippen LogP) is 5.22. The number of hydrogen-bond acceptors (Lipinski definition) is 5. The lowest BCUT2D eigenvalue weighted by atomic mass is 9.98. The van der Waals surface area contributed by atoms with Gasteiger partial charge in [-0.25, -0.2) is 4.39 Å². The van der Waals surface area contributed by atoms with Gasteiger partial charge in [0.25, 0.3) is 11.5 Å². The number of hydrogen-bond donors (Lipinski definition) is 1. The minimum absolute atomic E-state index is 0.128. The molecule has 234 valence electrons. The number of halogens is 1. The zero-order valence-electron chi connectivity index (χ0n) is 25.8. The van der Waals surface area contributed by atoms with E-state index in [0.29, 0.717) is 28.6 Å². The first-order chi connectivity index (χ1) is 22.0. The fourth-order valence-electron chi connectivity index (χ4n) is 7.14. The van der Waals surface area contributed by atoms with Crippen molar-refractivity contribution < 1.29 is 9.18 Å². The lowest BCUT2D eigenvalue weighted by Gasteiger charge is -2.36. The molecule has 1 unspecified atom stereocenters. The summed E-state index contributed by atoms with van der Waals surface area (Å²) in [5.74, 6) is -0.272. The van der Waals surface area contributed by atoms with Crippen molar-refractivity contribution in [3.05, 3.63) is 112 Å². The maximum absolute atomic E-state index is 14.5. The minimum Gasteiger partial charge on any atom is -0.345 e. The maximum Gasteiger partial charge on any atom is 0.263 e. The summed E-state index contributed by atoms with van der Waals surface area (Å²) in [4.78, 5) is 36.2. The summed E-state index contributed by atoms with van der Waals surface area (Å²) >= 11 is 0. The first-order valence-electron chi connectivity index (χ1n) is 16.5. The second-order valence-corrected chi connectivity index (χ2v) is 12.9. The van der Waals surface area contributed by atoms with E-state index in [1.165, 1.54) is 38.1 Å². The van der Waals surface area contributed by atoms with Crippen LogP contribution >= 0.6 is 0 Å². The summed E-state index contributed by atoms with van der Waals surface area (Å²) in [6.07, 6.45) is 4.59. The van der Waals surface area contributed by atoms with E-state index in [4.69, 9.17) is 0 Å². The number of amides is 1. The van der Waals surface area contributed by atoms with Crippen LogP contribution in [0.2, 0.25) is 0 Å². The van der Waals surface area contributed by atoms with Gasteiger partial charge in [-0.3, -0.25) is 24.0 Å². The van der Waals surface area contributed by atoms with Gasteiger partial charge in [0.1, 0.15) is 5.82 Å². The van der Waals surface area contributed by atoms with Crippen molar-refractivity contribution in [3.63, 3.8) is 0 Å². The van der Waals surface area contributed by atoms with E-state index >= 15 is 0 Å². The van der Waals surface area contributed by atoms with Gasteiger partial charge in [-0.05, 0) is 80.6 Å². The fraction of sp³-hybridized carbons (Fsp3) is 0.405. The van der Waals surface area contributed by atoms with Gasteiger partial charge in [-0.2, -0.15) is 0 Å². The molecule has 1 aromatic heterocycles. The number of pyridine rings is 1.